The molecule has 5 aromatic rings. The minimum Gasteiger partial charge on any atom is -0.343 e. The summed E-state index contributed by atoms with van der Waals surface area (Å²) in [4.78, 5) is 0. The van der Waals surface area contributed by atoms with Crippen LogP contribution < -0.4 is 5.32 Å². The minimum atomic E-state index is -0.237. The van der Waals surface area contributed by atoms with Gasteiger partial charge in [-0.3, -0.25) is 0 Å². The molecular formula is C29H25ClF2N2. The molecule has 0 atom stereocenters. The fourth-order valence-corrected chi connectivity index (χ4v) is 4.19. The lowest BCUT2D eigenvalue weighted by atomic mass is 10.0. The summed E-state index contributed by atoms with van der Waals surface area (Å²) >= 11 is 0. The van der Waals surface area contributed by atoms with E-state index in [1.54, 1.807) is 12.1 Å². The lowest BCUT2D eigenvalue weighted by Gasteiger charge is -2.07. The summed E-state index contributed by atoms with van der Waals surface area (Å²) in [5, 5.41) is 4.65. The Labute approximate surface area is 204 Å². The van der Waals surface area contributed by atoms with Crippen molar-refractivity contribution in [1.29, 1.82) is 0 Å². The van der Waals surface area contributed by atoms with E-state index in [2.05, 4.69) is 58.5 Å². The SMILES string of the molecule is Cl.Fc1ccc(CNCc2cn(Cc3ccccc3)c3ccc(-c4ccc(F)cc4)cc23)cc1. The summed E-state index contributed by atoms with van der Waals surface area (Å²) in [6.45, 7) is 2.12. The van der Waals surface area contributed by atoms with Gasteiger partial charge in [0.05, 0.1) is 0 Å². The van der Waals surface area contributed by atoms with Gasteiger partial charge < -0.3 is 9.88 Å². The minimum absolute atomic E-state index is 0. The highest BCUT2D eigenvalue weighted by Gasteiger charge is 2.11. The standard InChI is InChI=1S/C29H24F2N2.ClH/c30-26-11-6-21(7-12-26)17-32-18-25-20-33(19-22-4-2-1-3-5-22)29-15-10-24(16-28(25)29)23-8-13-27(31)14-9-23;/h1-16,20,32H,17-19H2;1H. The number of rotatable bonds is 7. The second-order valence-electron chi connectivity index (χ2n) is 8.24. The van der Waals surface area contributed by atoms with Gasteiger partial charge in [0.15, 0.2) is 0 Å². The average Bonchev–Trinajstić information content (AvgIpc) is 3.18. The van der Waals surface area contributed by atoms with Crippen LogP contribution in [-0.4, -0.2) is 4.57 Å². The molecule has 172 valence electrons. The Hall–Kier alpha value is -3.47. The fourth-order valence-electron chi connectivity index (χ4n) is 4.19. The van der Waals surface area contributed by atoms with Crippen LogP contribution in [0.2, 0.25) is 0 Å². The number of fused-ring (bicyclic) bond motifs is 1. The van der Waals surface area contributed by atoms with E-state index in [0.717, 1.165) is 28.8 Å². The highest BCUT2D eigenvalue weighted by atomic mass is 35.5. The summed E-state index contributed by atoms with van der Waals surface area (Å²) in [6.07, 6.45) is 2.20. The molecule has 5 heteroatoms. The van der Waals surface area contributed by atoms with E-state index < -0.39 is 0 Å². The maximum absolute atomic E-state index is 13.4. The number of halogens is 3. The lowest BCUT2D eigenvalue weighted by Crippen LogP contribution is -2.12. The number of hydrogen-bond acceptors (Lipinski definition) is 1. The van der Waals surface area contributed by atoms with Crippen molar-refractivity contribution in [3.05, 3.63) is 132 Å². The van der Waals surface area contributed by atoms with Crippen molar-refractivity contribution in [2.24, 2.45) is 0 Å². The Morgan fingerprint density at radius 1 is 0.647 bits per heavy atom. The number of nitrogens with zero attached hydrogens (tertiary/aromatic N) is 1. The molecule has 1 heterocycles. The maximum atomic E-state index is 13.4. The van der Waals surface area contributed by atoms with Gasteiger partial charge in [-0.15, -0.1) is 12.4 Å². The molecule has 5 rings (SSSR count). The van der Waals surface area contributed by atoms with Crippen molar-refractivity contribution in [3.8, 4) is 11.1 Å². The van der Waals surface area contributed by atoms with E-state index in [-0.39, 0.29) is 24.0 Å². The third-order valence-electron chi connectivity index (χ3n) is 5.89. The van der Waals surface area contributed by atoms with Gasteiger partial charge in [0.25, 0.3) is 0 Å². The lowest BCUT2D eigenvalue weighted by molar-refractivity contribution is 0.625. The first-order valence-electron chi connectivity index (χ1n) is 11.0. The van der Waals surface area contributed by atoms with Crippen molar-refractivity contribution in [2.75, 3.05) is 0 Å². The van der Waals surface area contributed by atoms with Crippen LogP contribution in [0.25, 0.3) is 22.0 Å². The zero-order chi connectivity index (χ0) is 22.6. The van der Waals surface area contributed by atoms with Crippen LogP contribution in [0.3, 0.4) is 0 Å². The Morgan fingerprint density at radius 3 is 2.00 bits per heavy atom. The third-order valence-corrected chi connectivity index (χ3v) is 5.89. The summed E-state index contributed by atoms with van der Waals surface area (Å²) in [6, 6.07) is 30.0. The molecule has 0 saturated heterocycles. The number of hydrogen-bond donors (Lipinski definition) is 1. The van der Waals surface area contributed by atoms with E-state index >= 15 is 0 Å². The maximum Gasteiger partial charge on any atom is 0.123 e. The quantitative estimate of drug-likeness (QED) is 0.261. The first kappa shape index (κ1) is 23.7. The van der Waals surface area contributed by atoms with Crippen molar-refractivity contribution in [2.45, 2.75) is 19.6 Å². The van der Waals surface area contributed by atoms with Crippen molar-refractivity contribution in [1.82, 2.24) is 9.88 Å². The molecule has 2 nitrogen and oxygen atoms in total. The highest BCUT2D eigenvalue weighted by Crippen LogP contribution is 2.29. The van der Waals surface area contributed by atoms with Crippen LogP contribution >= 0.6 is 12.4 Å². The van der Waals surface area contributed by atoms with Crippen molar-refractivity contribution < 1.29 is 8.78 Å². The second kappa shape index (κ2) is 10.6. The van der Waals surface area contributed by atoms with Gasteiger partial charge in [-0.2, -0.15) is 0 Å². The van der Waals surface area contributed by atoms with Gasteiger partial charge >= 0.3 is 0 Å². The Bertz CT molecular complexity index is 1360. The summed E-state index contributed by atoms with van der Waals surface area (Å²) in [5.41, 5.74) is 6.66. The number of nitrogens with one attached hydrogen (secondary N) is 1. The van der Waals surface area contributed by atoms with Crippen LogP contribution in [0.15, 0.2) is 103 Å². The van der Waals surface area contributed by atoms with Crippen LogP contribution in [0.1, 0.15) is 16.7 Å². The van der Waals surface area contributed by atoms with Gasteiger partial charge in [-0.05, 0) is 64.2 Å². The Morgan fingerprint density at radius 2 is 1.29 bits per heavy atom. The molecule has 0 saturated carbocycles. The molecule has 0 aliphatic rings. The Kier molecular flexibility index (Phi) is 7.41. The van der Waals surface area contributed by atoms with Crippen molar-refractivity contribution in [3.63, 3.8) is 0 Å². The molecule has 0 bridgehead atoms. The predicted molar refractivity (Wildman–Crippen MR) is 137 cm³/mol. The van der Waals surface area contributed by atoms with Crippen LogP contribution in [0, 0.1) is 11.6 Å². The first-order valence-corrected chi connectivity index (χ1v) is 11.0. The van der Waals surface area contributed by atoms with Crippen molar-refractivity contribution >= 4 is 23.3 Å². The third kappa shape index (κ3) is 5.36. The molecule has 0 amide bonds. The van der Waals surface area contributed by atoms with Crippen LogP contribution in [0.4, 0.5) is 8.78 Å². The van der Waals surface area contributed by atoms with E-state index in [9.17, 15) is 8.78 Å². The van der Waals surface area contributed by atoms with E-state index in [1.807, 2.05) is 18.2 Å². The monoisotopic (exact) mass is 474 g/mol. The normalized spacial score (nSPS) is 10.9. The largest absolute Gasteiger partial charge is 0.343 e. The van der Waals surface area contributed by atoms with E-state index in [0.29, 0.717) is 13.1 Å². The van der Waals surface area contributed by atoms with Gasteiger partial charge in [-0.1, -0.05) is 60.7 Å². The molecule has 1 aromatic heterocycles. The molecule has 0 aliphatic carbocycles. The summed E-state index contributed by atoms with van der Waals surface area (Å²) in [7, 11) is 0. The first-order chi connectivity index (χ1) is 16.2. The molecule has 34 heavy (non-hydrogen) atoms. The molecule has 0 radical (unpaired) electrons. The number of benzene rings is 4. The Balaban J connectivity index is 0.00000274. The predicted octanol–water partition coefficient (Wildman–Crippen LogP) is 7.35. The zero-order valence-electron chi connectivity index (χ0n) is 18.5. The molecule has 1 N–H and O–H groups in total. The topological polar surface area (TPSA) is 17.0 Å². The van der Waals surface area contributed by atoms with Crippen LogP contribution in [-0.2, 0) is 19.6 Å². The smallest absolute Gasteiger partial charge is 0.123 e. The van der Waals surface area contributed by atoms with Gasteiger partial charge in [0, 0.05) is 36.7 Å². The van der Waals surface area contributed by atoms with E-state index in [4.69, 9.17) is 0 Å². The molecular weight excluding hydrogens is 450 g/mol. The summed E-state index contributed by atoms with van der Waals surface area (Å²) < 4.78 is 28.9. The van der Waals surface area contributed by atoms with Gasteiger partial charge in [-0.25, -0.2) is 8.78 Å². The average molecular weight is 475 g/mol. The van der Waals surface area contributed by atoms with E-state index in [1.165, 1.54) is 40.8 Å². The molecule has 4 aromatic carbocycles. The summed E-state index contributed by atoms with van der Waals surface area (Å²) in [5.74, 6) is -0.462. The number of aromatic nitrogens is 1. The highest BCUT2D eigenvalue weighted by molar-refractivity contribution is 5.88. The molecule has 0 spiro atoms. The fraction of sp³-hybridized carbons (Fsp3) is 0.103. The molecule has 0 unspecified atom stereocenters. The van der Waals surface area contributed by atoms with Crippen LogP contribution in [0.5, 0.6) is 0 Å². The molecule has 0 aliphatic heterocycles. The molecule has 0 fully saturated rings. The van der Waals surface area contributed by atoms with Gasteiger partial charge in [0.1, 0.15) is 11.6 Å². The zero-order valence-corrected chi connectivity index (χ0v) is 19.4. The van der Waals surface area contributed by atoms with Gasteiger partial charge in [0.2, 0.25) is 0 Å². The second-order valence-corrected chi connectivity index (χ2v) is 8.24.